The van der Waals surface area contributed by atoms with Crippen LogP contribution in [-0.4, -0.2) is 39.1 Å². The lowest BCUT2D eigenvalue weighted by molar-refractivity contribution is -0.160. The Balaban J connectivity index is 2.48. The third-order valence-electron chi connectivity index (χ3n) is 3.84. The maximum absolute atomic E-state index is 12.0. The van der Waals surface area contributed by atoms with Gasteiger partial charge in [0.1, 0.15) is 12.0 Å². The van der Waals surface area contributed by atoms with Gasteiger partial charge in [0.15, 0.2) is 5.92 Å². The summed E-state index contributed by atoms with van der Waals surface area (Å²) in [6, 6.07) is 5.42. The Morgan fingerprint density at radius 1 is 1.27 bits per heavy atom. The quantitative estimate of drug-likeness (QED) is 0.447. The highest BCUT2D eigenvalue weighted by atomic mass is 16.5. The highest BCUT2D eigenvalue weighted by Crippen LogP contribution is 2.37. The van der Waals surface area contributed by atoms with Gasteiger partial charge in [-0.2, -0.15) is 0 Å². The summed E-state index contributed by atoms with van der Waals surface area (Å²) in [7, 11) is 2.41. The van der Waals surface area contributed by atoms with Gasteiger partial charge in [-0.15, -0.1) is 0 Å². The van der Waals surface area contributed by atoms with Crippen LogP contribution >= 0.6 is 0 Å². The molecule has 1 aromatic carbocycles. The lowest BCUT2D eigenvalue weighted by Gasteiger charge is -2.23. The monoisotopic (exact) mass is 306 g/mol. The second kappa shape index (κ2) is 7.06. The largest absolute Gasteiger partial charge is 0.493 e. The highest BCUT2D eigenvalue weighted by Gasteiger charge is 2.39. The summed E-state index contributed by atoms with van der Waals surface area (Å²) in [4.78, 5) is 35.1. The number of methoxy groups -OCH3 is 2. The number of hydrogen-bond acceptors (Lipinski definition) is 6. The summed E-state index contributed by atoms with van der Waals surface area (Å²) in [5, 5.41) is 0. The van der Waals surface area contributed by atoms with Gasteiger partial charge in [-0.1, -0.05) is 12.1 Å². The SMILES string of the molecule is COC(=O)C(C(=O)OC)[C@H](CC=O)c1cccc2c1CCO2. The molecule has 22 heavy (non-hydrogen) atoms. The maximum Gasteiger partial charge on any atom is 0.320 e. The Labute approximate surface area is 128 Å². The molecule has 1 aliphatic heterocycles. The summed E-state index contributed by atoms with van der Waals surface area (Å²) >= 11 is 0. The molecule has 2 rings (SSSR count). The molecular formula is C16H18O6. The van der Waals surface area contributed by atoms with Gasteiger partial charge in [0.25, 0.3) is 0 Å². The first-order valence-corrected chi connectivity index (χ1v) is 6.97. The number of rotatable bonds is 6. The van der Waals surface area contributed by atoms with Gasteiger partial charge in [0.2, 0.25) is 0 Å². The number of aldehydes is 1. The third-order valence-corrected chi connectivity index (χ3v) is 3.84. The molecule has 0 fully saturated rings. The zero-order valence-corrected chi connectivity index (χ0v) is 12.5. The van der Waals surface area contributed by atoms with Crippen molar-refractivity contribution in [3.8, 4) is 5.75 Å². The predicted octanol–water partition coefficient (Wildman–Crippen LogP) is 1.26. The standard InChI is InChI=1S/C16H18O6/c1-20-15(18)14(16(19)21-2)12(6-8-17)10-4-3-5-13-11(10)7-9-22-13/h3-5,8,12,14H,6-7,9H2,1-2H3/t12-/m1/s1. The Morgan fingerprint density at radius 3 is 2.55 bits per heavy atom. The van der Waals surface area contributed by atoms with Crippen LogP contribution in [0.5, 0.6) is 5.75 Å². The van der Waals surface area contributed by atoms with Gasteiger partial charge in [0, 0.05) is 24.3 Å². The molecule has 0 radical (unpaired) electrons. The van der Waals surface area contributed by atoms with Crippen molar-refractivity contribution in [2.24, 2.45) is 5.92 Å². The van der Waals surface area contributed by atoms with Crippen LogP contribution < -0.4 is 4.74 Å². The Bertz CT molecular complexity index is 564. The van der Waals surface area contributed by atoms with Crippen LogP contribution in [0.1, 0.15) is 23.5 Å². The molecular weight excluding hydrogens is 288 g/mol. The Hall–Kier alpha value is -2.37. The van der Waals surface area contributed by atoms with Crippen molar-refractivity contribution in [2.45, 2.75) is 18.8 Å². The van der Waals surface area contributed by atoms with Crippen molar-refractivity contribution in [2.75, 3.05) is 20.8 Å². The molecule has 0 amide bonds. The molecule has 0 N–H and O–H groups in total. The van der Waals surface area contributed by atoms with Gasteiger partial charge in [-0.05, 0) is 11.6 Å². The minimum atomic E-state index is -1.17. The lowest BCUT2D eigenvalue weighted by atomic mass is 9.81. The smallest absolute Gasteiger partial charge is 0.320 e. The number of fused-ring (bicyclic) bond motifs is 1. The molecule has 6 nitrogen and oxygen atoms in total. The van der Waals surface area contributed by atoms with E-state index in [-0.39, 0.29) is 6.42 Å². The van der Waals surface area contributed by atoms with Gasteiger partial charge >= 0.3 is 11.9 Å². The first kappa shape index (κ1) is 16.0. The summed E-state index contributed by atoms with van der Waals surface area (Å²) < 4.78 is 14.9. The molecule has 1 atom stereocenters. The average molecular weight is 306 g/mol. The van der Waals surface area contributed by atoms with E-state index >= 15 is 0 Å². The van der Waals surface area contributed by atoms with Crippen LogP contribution in [0.25, 0.3) is 0 Å². The van der Waals surface area contributed by atoms with Gasteiger partial charge in [-0.3, -0.25) is 9.59 Å². The van der Waals surface area contributed by atoms with Crippen LogP contribution in [0.4, 0.5) is 0 Å². The molecule has 0 saturated heterocycles. The van der Waals surface area contributed by atoms with E-state index in [1.165, 1.54) is 14.2 Å². The highest BCUT2D eigenvalue weighted by molar-refractivity contribution is 5.96. The summed E-state index contributed by atoms with van der Waals surface area (Å²) in [6.07, 6.45) is 1.39. The zero-order valence-electron chi connectivity index (χ0n) is 12.5. The van der Waals surface area contributed by atoms with Crippen molar-refractivity contribution < 1.29 is 28.6 Å². The van der Waals surface area contributed by atoms with Crippen LogP contribution in [-0.2, 0) is 30.3 Å². The first-order chi connectivity index (χ1) is 10.6. The fourth-order valence-corrected chi connectivity index (χ4v) is 2.82. The maximum atomic E-state index is 12.0. The van der Waals surface area contributed by atoms with Crippen molar-refractivity contribution in [1.82, 2.24) is 0 Å². The Morgan fingerprint density at radius 2 is 1.95 bits per heavy atom. The van der Waals surface area contributed by atoms with Crippen molar-refractivity contribution in [3.05, 3.63) is 29.3 Å². The second-order valence-corrected chi connectivity index (χ2v) is 4.96. The van der Waals surface area contributed by atoms with E-state index in [0.29, 0.717) is 19.3 Å². The van der Waals surface area contributed by atoms with Crippen LogP contribution in [0, 0.1) is 5.92 Å². The minimum Gasteiger partial charge on any atom is -0.493 e. The zero-order chi connectivity index (χ0) is 16.1. The molecule has 0 saturated carbocycles. The molecule has 0 bridgehead atoms. The number of carbonyl (C=O) groups is 3. The fraction of sp³-hybridized carbons (Fsp3) is 0.438. The third kappa shape index (κ3) is 2.95. The van der Waals surface area contributed by atoms with E-state index in [1.54, 1.807) is 12.1 Å². The van der Waals surface area contributed by atoms with E-state index < -0.39 is 23.8 Å². The average Bonchev–Trinajstić information content (AvgIpc) is 3.02. The number of benzene rings is 1. The Kier molecular flexibility index (Phi) is 5.14. The molecule has 6 heteroatoms. The number of hydrogen-bond donors (Lipinski definition) is 0. The van der Waals surface area contributed by atoms with E-state index in [1.807, 2.05) is 6.07 Å². The summed E-state index contributed by atoms with van der Waals surface area (Å²) in [6.45, 7) is 0.543. The van der Waals surface area contributed by atoms with E-state index in [9.17, 15) is 14.4 Å². The molecule has 118 valence electrons. The van der Waals surface area contributed by atoms with Crippen LogP contribution in [0.2, 0.25) is 0 Å². The molecule has 1 heterocycles. The van der Waals surface area contributed by atoms with Gasteiger partial charge in [-0.25, -0.2) is 0 Å². The summed E-state index contributed by atoms with van der Waals surface area (Å²) in [5.74, 6) is -2.51. The molecule has 1 aliphatic rings. The molecule has 0 unspecified atom stereocenters. The van der Waals surface area contributed by atoms with Crippen LogP contribution in [0.15, 0.2) is 18.2 Å². The van der Waals surface area contributed by atoms with E-state index in [4.69, 9.17) is 14.2 Å². The number of ether oxygens (including phenoxy) is 3. The molecule has 0 spiro atoms. The van der Waals surface area contributed by atoms with Gasteiger partial charge in [0.05, 0.1) is 20.8 Å². The van der Waals surface area contributed by atoms with E-state index in [0.717, 1.165) is 16.9 Å². The van der Waals surface area contributed by atoms with Crippen molar-refractivity contribution in [1.29, 1.82) is 0 Å². The molecule has 0 aliphatic carbocycles. The second-order valence-electron chi connectivity index (χ2n) is 4.96. The van der Waals surface area contributed by atoms with Gasteiger partial charge < -0.3 is 19.0 Å². The fourth-order valence-electron chi connectivity index (χ4n) is 2.82. The van der Waals surface area contributed by atoms with Crippen molar-refractivity contribution >= 4 is 18.2 Å². The topological polar surface area (TPSA) is 78.9 Å². The normalized spacial score (nSPS) is 14.0. The predicted molar refractivity (Wildman–Crippen MR) is 76.6 cm³/mol. The number of carbonyl (C=O) groups excluding carboxylic acids is 3. The first-order valence-electron chi connectivity index (χ1n) is 6.97. The minimum absolute atomic E-state index is 0.0192. The molecule has 0 aromatic heterocycles. The van der Waals surface area contributed by atoms with Crippen LogP contribution in [0.3, 0.4) is 0 Å². The van der Waals surface area contributed by atoms with Crippen molar-refractivity contribution in [3.63, 3.8) is 0 Å². The molecule has 1 aromatic rings. The summed E-state index contributed by atoms with van der Waals surface area (Å²) in [5.41, 5.74) is 1.68. The van der Waals surface area contributed by atoms with E-state index in [2.05, 4.69) is 0 Å². The lowest BCUT2D eigenvalue weighted by Crippen LogP contribution is -2.33. The number of esters is 2.